The molecule has 0 bridgehead atoms. The maximum atomic E-state index is 12.9. The van der Waals surface area contributed by atoms with Crippen molar-refractivity contribution in [2.24, 2.45) is 4.99 Å². The summed E-state index contributed by atoms with van der Waals surface area (Å²) in [5.74, 6) is 0.948. The number of thioether (sulfide) groups is 1. The van der Waals surface area contributed by atoms with E-state index in [1.54, 1.807) is 24.3 Å². The highest BCUT2D eigenvalue weighted by Gasteiger charge is 2.40. The first-order chi connectivity index (χ1) is 14.5. The Morgan fingerprint density at radius 3 is 2.73 bits per heavy atom. The lowest BCUT2D eigenvalue weighted by molar-refractivity contribution is -0.121. The molecule has 7 nitrogen and oxygen atoms in total. The van der Waals surface area contributed by atoms with E-state index in [1.165, 1.54) is 16.7 Å². The second-order valence-electron chi connectivity index (χ2n) is 6.69. The quantitative estimate of drug-likeness (QED) is 0.430. The molecule has 0 aromatic heterocycles. The minimum Gasteiger partial charge on any atom is -0.454 e. The van der Waals surface area contributed by atoms with Gasteiger partial charge in [0, 0.05) is 18.0 Å². The van der Waals surface area contributed by atoms with E-state index < -0.39 is 5.25 Å². The first-order valence-corrected chi connectivity index (χ1v) is 10.8. The lowest BCUT2D eigenvalue weighted by Crippen LogP contribution is -2.32. The van der Waals surface area contributed by atoms with Gasteiger partial charge in [-0.05, 0) is 48.9 Å². The van der Waals surface area contributed by atoms with Crippen LogP contribution in [-0.2, 0) is 16.1 Å². The molecule has 1 saturated heterocycles. The number of fused-ring (bicyclic) bond motifs is 1. The number of hydrogen-bond acceptors (Lipinski definition) is 6. The molecule has 2 amide bonds. The third-order valence-corrected chi connectivity index (χ3v) is 6.02. The summed E-state index contributed by atoms with van der Waals surface area (Å²) in [4.78, 5) is 31.2. The minimum absolute atomic E-state index is 0.126. The fraction of sp³-hybridized carbons (Fsp3) is 0.286. The van der Waals surface area contributed by atoms with Gasteiger partial charge in [-0.15, -0.1) is 0 Å². The summed E-state index contributed by atoms with van der Waals surface area (Å²) in [5, 5.41) is 3.84. The number of carbonyl (C=O) groups excluding carboxylic acids is 2. The van der Waals surface area contributed by atoms with Crippen LogP contribution in [0.25, 0.3) is 0 Å². The fourth-order valence-corrected chi connectivity index (χ4v) is 4.38. The number of benzene rings is 2. The van der Waals surface area contributed by atoms with E-state index in [-0.39, 0.29) is 25.0 Å². The van der Waals surface area contributed by atoms with E-state index in [0.717, 1.165) is 11.3 Å². The van der Waals surface area contributed by atoms with Gasteiger partial charge in [0.05, 0.1) is 12.2 Å². The summed E-state index contributed by atoms with van der Waals surface area (Å²) in [6, 6.07) is 12.3. The lowest BCUT2D eigenvalue weighted by atomic mass is 10.2. The highest BCUT2D eigenvalue weighted by atomic mass is 35.5. The smallest absolute Gasteiger partial charge is 0.247 e. The van der Waals surface area contributed by atoms with E-state index in [4.69, 9.17) is 21.1 Å². The molecule has 1 fully saturated rings. The molecule has 0 unspecified atom stereocenters. The number of hydrogen-bond donors (Lipinski definition) is 1. The number of imide groups is 1. The number of rotatable bonds is 5. The Bertz CT molecular complexity index is 996. The molecular weight excluding hydrogens is 426 g/mol. The number of nitrogens with one attached hydrogen (secondary N) is 1. The zero-order valence-corrected chi connectivity index (χ0v) is 17.8. The molecule has 0 saturated carbocycles. The Hall–Kier alpha value is -2.71. The Morgan fingerprint density at radius 1 is 1.20 bits per heavy atom. The van der Waals surface area contributed by atoms with Gasteiger partial charge < -0.3 is 14.8 Å². The zero-order chi connectivity index (χ0) is 21.1. The van der Waals surface area contributed by atoms with Crippen molar-refractivity contribution in [3.05, 3.63) is 53.1 Å². The number of aliphatic imine (C=N–C) groups is 1. The predicted octanol–water partition coefficient (Wildman–Crippen LogP) is 3.60. The van der Waals surface area contributed by atoms with E-state index in [2.05, 4.69) is 10.3 Å². The average Bonchev–Trinajstić information content (AvgIpc) is 3.31. The lowest BCUT2D eigenvalue weighted by Gasteiger charge is -2.15. The third-order valence-electron chi connectivity index (χ3n) is 4.61. The second-order valence-corrected chi connectivity index (χ2v) is 8.32. The monoisotopic (exact) mass is 445 g/mol. The van der Waals surface area contributed by atoms with Crippen LogP contribution in [0.1, 0.15) is 18.9 Å². The molecule has 0 radical (unpaired) electrons. The maximum absolute atomic E-state index is 12.9. The summed E-state index contributed by atoms with van der Waals surface area (Å²) in [6.45, 7) is 3.26. The van der Waals surface area contributed by atoms with Gasteiger partial charge in [-0.2, -0.15) is 0 Å². The zero-order valence-electron chi connectivity index (χ0n) is 16.3. The summed E-state index contributed by atoms with van der Waals surface area (Å²) in [7, 11) is 0. The molecule has 0 aliphatic carbocycles. The first-order valence-electron chi connectivity index (χ1n) is 9.51. The van der Waals surface area contributed by atoms with E-state index >= 15 is 0 Å². The highest BCUT2D eigenvalue weighted by Crippen LogP contribution is 2.33. The number of nitrogens with zero attached hydrogens (tertiary/aromatic N) is 2. The third kappa shape index (κ3) is 4.39. The van der Waals surface area contributed by atoms with Crippen molar-refractivity contribution < 1.29 is 19.1 Å². The average molecular weight is 446 g/mol. The fourth-order valence-electron chi connectivity index (χ4n) is 3.18. The van der Waals surface area contributed by atoms with Crippen LogP contribution in [0, 0.1) is 0 Å². The van der Waals surface area contributed by atoms with Crippen molar-refractivity contribution in [1.82, 2.24) is 5.32 Å². The molecule has 2 aromatic rings. The van der Waals surface area contributed by atoms with Crippen LogP contribution in [0.2, 0.25) is 5.02 Å². The number of amides is 2. The summed E-state index contributed by atoms with van der Waals surface area (Å²) < 4.78 is 10.7. The first kappa shape index (κ1) is 20.6. The van der Waals surface area contributed by atoms with Gasteiger partial charge in [0.1, 0.15) is 5.25 Å². The number of ether oxygens (including phenoxy) is 2. The molecule has 2 aliphatic heterocycles. The normalized spacial score (nSPS) is 18.3. The van der Waals surface area contributed by atoms with Crippen LogP contribution in [0.15, 0.2) is 47.5 Å². The van der Waals surface area contributed by atoms with Crippen molar-refractivity contribution in [1.29, 1.82) is 0 Å². The van der Waals surface area contributed by atoms with Gasteiger partial charge in [-0.3, -0.25) is 14.6 Å². The molecule has 156 valence electrons. The molecule has 9 heteroatoms. The van der Waals surface area contributed by atoms with Crippen molar-refractivity contribution in [3.8, 4) is 11.5 Å². The standard InChI is InChI=1S/C21H20ClN3O4S/c1-2-23-21(24-11-13-3-8-16-17(9-13)29-12-28-16)30-18-10-19(26)25(20(18)27)15-6-4-14(22)5-7-15/h3-9,18H,2,10-12H2,1H3,(H,23,24)/t18-/m1/s1. The molecule has 30 heavy (non-hydrogen) atoms. The van der Waals surface area contributed by atoms with Gasteiger partial charge in [0.25, 0.3) is 0 Å². The highest BCUT2D eigenvalue weighted by molar-refractivity contribution is 8.15. The van der Waals surface area contributed by atoms with Gasteiger partial charge in [-0.25, -0.2) is 4.90 Å². The Balaban J connectivity index is 1.46. The SMILES string of the molecule is CCNC(=NCc1ccc2c(c1)OCO2)S[C@@H]1CC(=O)N(c2ccc(Cl)cc2)C1=O. The Morgan fingerprint density at radius 2 is 1.97 bits per heavy atom. The van der Waals surface area contributed by atoms with Crippen LogP contribution < -0.4 is 19.7 Å². The maximum Gasteiger partial charge on any atom is 0.247 e. The van der Waals surface area contributed by atoms with Gasteiger partial charge >= 0.3 is 0 Å². The van der Waals surface area contributed by atoms with Crippen LogP contribution in [0.5, 0.6) is 11.5 Å². The topological polar surface area (TPSA) is 80.2 Å². The Labute approximate surface area is 183 Å². The molecule has 2 aliphatic rings. The second kappa shape index (κ2) is 8.97. The van der Waals surface area contributed by atoms with Gasteiger partial charge in [0.15, 0.2) is 16.7 Å². The van der Waals surface area contributed by atoms with E-state index in [1.807, 2.05) is 25.1 Å². The predicted molar refractivity (Wildman–Crippen MR) is 117 cm³/mol. The van der Waals surface area contributed by atoms with Crippen LogP contribution in [-0.4, -0.2) is 35.6 Å². The molecule has 1 atom stereocenters. The summed E-state index contributed by atoms with van der Waals surface area (Å²) in [5.41, 5.74) is 1.49. The number of anilines is 1. The number of carbonyl (C=O) groups is 2. The molecule has 1 N–H and O–H groups in total. The van der Waals surface area contributed by atoms with E-state index in [0.29, 0.717) is 34.7 Å². The molecule has 2 aromatic carbocycles. The summed E-state index contributed by atoms with van der Waals surface area (Å²) in [6.07, 6.45) is 0.126. The van der Waals surface area contributed by atoms with Crippen molar-refractivity contribution in [2.75, 3.05) is 18.2 Å². The molecule has 4 rings (SSSR count). The molecular formula is C21H20ClN3O4S. The van der Waals surface area contributed by atoms with Gasteiger partial charge in [0.2, 0.25) is 18.6 Å². The van der Waals surface area contributed by atoms with Crippen LogP contribution in [0.3, 0.4) is 0 Å². The molecule has 2 heterocycles. The van der Waals surface area contributed by atoms with Crippen molar-refractivity contribution in [2.45, 2.75) is 25.1 Å². The van der Waals surface area contributed by atoms with E-state index in [9.17, 15) is 9.59 Å². The van der Waals surface area contributed by atoms with Crippen LogP contribution in [0.4, 0.5) is 5.69 Å². The van der Waals surface area contributed by atoms with Crippen molar-refractivity contribution >= 4 is 46.0 Å². The van der Waals surface area contributed by atoms with Crippen molar-refractivity contribution in [3.63, 3.8) is 0 Å². The Kier molecular flexibility index (Phi) is 6.15. The summed E-state index contributed by atoms with van der Waals surface area (Å²) >= 11 is 7.19. The number of halogens is 1. The van der Waals surface area contributed by atoms with Crippen LogP contribution >= 0.6 is 23.4 Å². The largest absolute Gasteiger partial charge is 0.454 e. The minimum atomic E-state index is -0.525. The number of amidine groups is 1. The molecule has 0 spiro atoms. The van der Waals surface area contributed by atoms with Gasteiger partial charge in [-0.1, -0.05) is 29.4 Å².